The van der Waals surface area contributed by atoms with Gasteiger partial charge in [-0.05, 0) is 80.3 Å². The van der Waals surface area contributed by atoms with Crippen molar-refractivity contribution in [2.75, 3.05) is 39.3 Å². The fourth-order valence-corrected chi connectivity index (χ4v) is 5.34. The Kier molecular flexibility index (Phi) is 8.82. The van der Waals surface area contributed by atoms with E-state index in [0.717, 1.165) is 37.7 Å². The highest BCUT2D eigenvalue weighted by molar-refractivity contribution is 6.30. The molecule has 2 aliphatic heterocycles. The van der Waals surface area contributed by atoms with Gasteiger partial charge in [-0.2, -0.15) is 0 Å². The van der Waals surface area contributed by atoms with E-state index in [4.69, 9.17) is 11.6 Å². The van der Waals surface area contributed by atoms with Crippen LogP contribution in [0.1, 0.15) is 64.9 Å². The first-order valence-corrected chi connectivity index (χ1v) is 12.3. The summed E-state index contributed by atoms with van der Waals surface area (Å²) in [6, 6.07) is 9.08. The van der Waals surface area contributed by atoms with Gasteiger partial charge in [-0.1, -0.05) is 63.1 Å². The molecule has 1 unspecified atom stereocenters. The molecule has 0 spiro atoms. The van der Waals surface area contributed by atoms with Crippen molar-refractivity contribution in [3.63, 3.8) is 0 Å². The number of nitrogens with one attached hydrogen (secondary N) is 2. The summed E-state index contributed by atoms with van der Waals surface area (Å²) >= 11 is 6.11. The molecule has 2 N–H and O–H groups in total. The van der Waals surface area contributed by atoms with Crippen LogP contribution in [-0.2, 0) is 0 Å². The van der Waals surface area contributed by atoms with E-state index in [1.165, 1.54) is 37.8 Å². The van der Waals surface area contributed by atoms with E-state index in [1.54, 1.807) is 5.57 Å². The first-order valence-electron chi connectivity index (χ1n) is 11.9. The summed E-state index contributed by atoms with van der Waals surface area (Å²) in [6.45, 7) is 16.4. The largest absolute Gasteiger partial charge is 0.313 e. The molecule has 30 heavy (non-hydrogen) atoms. The second-order valence-electron chi connectivity index (χ2n) is 10.4. The van der Waals surface area contributed by atoms with Crippen molar-refractivity contribution in [1.29, 1.82) is 0 Å². The SMILES string of the molecule is CC(C)[C@H](CN1CCC(c2ccc(Cl)cc2)C(C)(C)C1)NCCCC1=CCCNC1. The molecule has 1 aromatic carbocycles. The van der Waals surface area contributed by atoms with Crippen LogP contribution in [0.25, 0.3) is 0 Å². The quantitative estimate of drug-likeness (QED) is 0.401. The van der Waals surface area contributed by atoms with Crippen LogP contribution in [-0.4, -0.2) is 50.2 Å². The minimum absolute atomic E-state index is 0.272. The van der Waals surface area contributed by atoms with Gasteiger partial charge in [-0.3, -0.25) is 0 Å². The van der Waals surface area contributed by atoms with Crippen molar-refractivity contribution in [3.8, 4) is 0 Å². The van der Waals surface area contributed by atoms with Crippen molar-refractivity contribution < 1.29 is 0 Å². The van der Waals surface area contributed by atoms with Crippen LogP contribution in [0.5, 0.6) is 0 Å². The van der Waals surface area contributed by atoms with Gasteiger partial charge in [0.1, 0.15) is 0 Å². The van der Waals surface area contributed by atoms with Crippen LogP contribution >= 0.6 is 11.6 Å². The lowest BCUT2D eigenvalue weighted by molar-refractivity contribution is 0.0794. The molecule has 0 aliphatic carbocycles. The van der Waals surface area contributed by atoms with Gasteiger partial charge in [0.15, 0.2) is 0 Å². The number of piperidine rings is 1. The van der Waals surface area contributed by atoms with Crippen molar-refractivity contribution in [3.05, 3.63) is 46.5 Å². The monoisotopic (exact) mass is 431 g/mol. The lowest BCUT2D eigenvalue weighted by atomic mass is 9.70. The van der Waals surface area contributed by atoms with Crippen LogP contribution in [0.2, 0.25) is 5.02 Å². The Morgan fingerprint density at radius 1 is 1.23 bits per heavy atom. The minimum Gasteiger partial charge on any atom is -0.313 e. The number of rotatable bonds is 9. The number of benzene rings is 1. The van der Waals surface area contributed by atoms with Gasteiger partial charge in [0.2, 0.25) is 0 Å². The number of nitrogens with zero attached hydrogens (tertiary/aromatic N) is 1. The molecule has 168 valence electrons. The summed E-state index contributed by atoms with van der Waals surface area (Å²) in [5.41, 5.74) is 3.30. The molecule has 0 aromatic heterocycles. The molecule has 0 bridgehead atoms. The summed E-state index contributed by atoms with van der Waals surface area (Å²) in [7, 11) is 0. The zero-order valence-electron chi connectivity index (χ0n) is 19.5. The number of hydrogen-bond acceptors (Lipinski definition) is 3. The minimum atomic E-state index is 0.272. The molecule has 1 aromatic rings. The van der Waals surface area contributed by atoms with Crippen molar-refractivity contribution in [1.82, 2.24) is 15.5 Å². The second kappa shape index (κ2) is 11.1. The van der Waals surface area contributed by atoms with Crippen molar-refractivity contribution in [2.45, 2.75) is 65.3 Å². The number of halogens is 1. The van der Waals surface area contributed by atoms with Gasteiger partial charge in [0.25, 0.3) is 0 Å². The fraction of sp³-hybridized carbons (Fsp3) is 0.692. The molecule has 0 radical (unpaired) electrons. The van der Waals surface area contributed by atoms with E-state index in [0.29, 0.717) is 17.9 Å². The molecule has 2 aliphatic rings. The average molecular weight is 432 g/mol. The molecule has 2 heterocycles. The van der Waals surface area contributed by atoms with E-state index < -0.39 is 0 Å². The Bertz CT molecular complexity index is 680. The molecule has 4 heteroatoms. The van der Waals surface area contributed by atoms with Gasteiger partial charge in [-0.25, -0.2) is 0 Å². The van der Waals surface area contributed by atoms with Crippen molar-refractivity contribution in [2.24, 2.45) is 11.3 Å². The molecule has 3 nitrogen and oxygen atoms in total. The third-order valence-corrected chi connectivity index (χ3v) is 7.28. The van der Waals surface area contributed by atoms with Gasteiger partial charge in [-0.15, -0.1) is 0 Å². The topological polar surface area (TPSA) is 27.3 Å². The van der Waals surface area contributed by atoms with E-state index in [1.807, 2.05) is 12.1 Å². The van der Waals surface area contributed by atoms with E-state index >= 15 is 0 Å². The predicted octanol–water partition coefficient (Wildman–Crippen LogP) is 5.47. The standard InChI is InChI=1S/C26H42ClN3/c1-20(2)25(29-15-6-8-21-7-5-14-28-17-21)18-30-16-13-24(26(3,4)19-30)22-9-11-23(27)12-10-22/h7,9-12,20,24-25,28-29H,5-6,8,13-19H2,1-4H3/t24?,25-/m0/s1. The Hall–Kier alpha value is -0.870. The Balaban J connectivity index is 1.48. The second-order valence-corrected chi connectivity index (χ2v) is 10.8. The summed E-state index contributed by atoms with van der Waals surface area (Å²) in [4.78, 5) is 2.69. The van der Waals surface area contributed by atoms with Crippen LogP contribution < -0.4 is 10.6 Å². The molecular weight excluding hydrogens is 390 g/mol. The molecule has 1 fully saturated rings. The first kappa shape index (κ1) is 23.8. The zero-order valence-corrected chi connectivity index (χ0v) is 20.3. The Labute approximate surface area is 189 Å². The lowest BCUT2D eigenvalue weighted by Crippen LogP contribution is -2.51. The highest BCUT2D eigenvalue weighted by Crippen LogP contribution is 2.42. The molecule has 1 saturated heterocycles. The number of hydrogen-bond donors (Lipinski definition) is 2. The normalized spacial score (nSPS) is 23.4. The third kappa shape index (κ3) is 6.82. The van der Waals surface area contributed by atoms with E-state index in [2.05, 4.69) is 61.4 Å². The molecule has 0 saturated carbocycles. The molecular formula is C26H42ClN3. The highest BCUT2D eigenvalue weighted by Gasteiger charge is 2.37. The maximum absolute atomic E-state index is 6.11. The summed E-state index contributed by atoms with van der Waals surface area (Å²) in [5.74, 6) is 1.26. The average Bonchev–Trinajstić information content (AvgIpc) is 2.71. The van der Waals surface area contributed by atoms with Gasteiger partial charge >= 0.3 is 0 Å². The molecule has 0 amide bonds. The van der Waals surface area contributed by atoms with Crippen LogP contribution in [0.15, 0.2) is 35.9 Å². The van der Waals surface area contributed by atoms with Gasteiger partial charge in [0.05, 0.1) is 0 Å². The summed E-state index contributed by atoms with van der Waals surface area (Å²) < 4.78 is 0. The zero-order chi connectivity index (χ0) is 21.6. The van der Waals surface area contributed by atoms with Gasteiger partial charge in [0, 0.05) is 30.7 Å². The molecule has 2 atom stereocenters. The van der Waals surface area contributed by atoms with Crippen molar-refractivity contribution >= 4 is 11.6 Å². The maximum atomic E-state index is 6.11. The maximum Gasteiger partial charge on any atom is 0.0406 e. The van der Waals surface area contributed by atoms with Crippen LogP contribution in [0.3, 0.4) is 0 Å². The molecule has 3 rings (SSSR count). The summed E-state index contributed by atoms with van der Waals surface area (Å²) in [5, 5.41) is 8.19. The van der Waals surface area contributed by atoms with E-state index in [9.17, 15) is 0 Å². The lowest BCUT2D eigenvalue weighted by Gasteiger charge is -2.46. The fourth-order valence-electron chi connectivity index (χ4n) is 5.22. The number of likely N-dealkylation sites (tertiary alicyclic amines) is 1. The van der Waals surface area contributed by atoms with Crippen LogP contribution in [0, 0.1) is 11.3 Å². The predicted molar refractivity (Wildman–Crippen MR) is 130 cm³/mol. The first-order chi connectivity index (χ1) is 14.3. The third-order valence-electron chi connectivity index (χ3n) is 7.03. The highest BCUT2D eigenvalue weighted by atomic mass is 35.5. The summed E-state index contributed by atoms with van der Waals surface area (Å²) in [6.07, 6.45) is 7.31. The van der Waals surface area contributed by atoms with Gasteiger partial charge < -0.3 is 15.5 Å². The van der Waals surface area contributed by atoms with Crippen LogP contribution in [0.4, 0.5) is 0 Å². The Morgan fingerprint density at radius 3 is 2.63 bits per heavy atom. The Morgan fingerprint density at radius 2 is 2.00 bits per heavy atom. The smallest absolute Gasteiger partial charge is 0.0406 e. The van der Waals surface area contributed by atoms with E-state index in [-0.39, 0.29) is 5.41 Å².